The van der Waals surface area contributed by atoms with Gasteiger partial charge in [-0.3, -0.25) is 4.79 Å². The molecule has 6 nitrogen and oxygen atoms in total. The van der Waals surface area contributed by atoms with Gasteiger partial charge in [0.25, 0.3) is 0 Å². The summed E-state index contributed by atoms with van der Waals surface area (Å²) in [4.78, 5) is 24.7. The molecule has 0 fully saturated rings. The molecule has 19 heavy (non-hydrogen) atoms. The maximum absolute atomic E-state index is 11.2. The van der Waals surface area contributed by atoms with Gasteiger partial charge in [0.15, 0.2) is 0 Å². The number of H-pyrrole nitrogens is 1. The van der Waals surface area contributed by atoms with E-state index in [2.05, 4.69) is 4.98 Å². The number of carboxylic acid groups (broad SMARTS) is 2. The van der Waals surface area contributed by atoms with Gasteiger partial charge < -0.3 is 19.9 Å². The molecule has 0 aliphatic heterocycles. The first-order valence-electron chi connectivity index (χ1n) is 5.67. The standard InChI is InChI=1S/C13H13NO5/c1-19-9-4-2-3-8-11(9)7(5-6-10(15)16)12(14-8)13(17)18/h2-4,14H,5-6H2,1H3,(H,15,16)(H,17,18). The Hall–Kier alpha value is -2.50. The summed E-state index contributed by atoms with van der Waals surface area (Å²) in [6.07, 6.45) is 0.00260. The second-order valence-electron chi connectivity index (χ2n) is 4.06. The minimum Gasteiger partial charge on any atom is -0.496 e. The van der Waals surface area contributed by atoms with Gasteiger partial charge in [-0.25, -0.2) is 4.79 Å². The van der Waals surface area contributed by atoms with Crippen molar-refractivity contribution >= 4 is 22.8 Å². The lowest BCUT2D eigenvalue weighted by Gasteiger charge is -2.04. The van der Waals surface area contributed by atoms with E-state index >= 15 is 0 Å². The van der Waals surface area contributed by atoms with Crippen LogP contribution in [0.2, 0.25) is 0 Å². The quantitative estimate of drug-likeness (QED) is 0.765. The number of ether oxygens (including phenoxy) is 1. The Kier molecular flexibility index (Phi) is 3.41. The van der Waals surface area contributed by atoms with Gasteiger partial charge in [0, 0.05) is 11.8 Å². The SMILES string of the molecule is COc1cccc2[nH]c(C(=O)O)c(CCC(=O)O)c12. The van der Waals surface area contributed by atoms with Gasteiger partial charge >= 0.3 is 11.9 Å². The Morgan fingerprint density at radius 2 is 2.05 bits per heavy atom. The average molecular weight is 263 g/mol. The zero-order chi connectivity index (χ0) is 14.0. The molecule has 1 aromatic carbocycles. The van der Waals surface area contributed by atoms with Crippen LogP contribution in [0.1, 0.15) is 22.5 Å². The molecular weight excluding hydrogens is 250 g/mol. The zero-order valence-electron chi connectivity index (χ0n) is 10.3. The van der Waals surface area contributed by atoms with Crippen LogP contribution in [0, 0.1) is 0 Å². The molecule has 0 atom stereocenters. The van der Waals surface area contributed by atoms with E-state index in [1.807, 2.05) is 0 Å². The first-order chi connectivity index (χ1) is 9.04. The molecule has 0 aliphatic carbocycles. The normalized spacial score (nSPS) is 10.6. The summed E-state index contributed by atoms with van der Waals surface area (Å²) in [6, 6.07) is 5.19. The minimum atomic E-state index is -1.11. The van der Waals surface area contributed by atoms with Gasteiger partial charge in [-0.1, -0.05) is 6.07 Å². The summed E-state index contributed by atoms with van der Waals surface area (Å²) in [6.45, 7) is 0. The molecule has 6 heteroatoms. The van der Waals surface area contributed by atoms with E-state index in [1.54, 1.807) is 18.2 Å². The van der Waals surface area contributed by atoms with E-state index in [1.165, 1.54) is 7.11 Å². The van der Waals surface area contributed by atoms with Crippen molar-refractivity contribution in [1.29, 1.82) is 0 Å². The Morgan fingerprint density at radius 1 is 1.32 bits per heavy atom. The van der Waals surface area contributed by atoms with Crippen LogP contribution < -0.4 is 4.74 Å². The molecular formula is C13H13NO5. The topological polar surface area (TPSA) is 99.6 Å². The third-order valence-corrected chi connectivity index (χ3v) is 2.91. The van der Waals surface area contributed by atoms with Gasteiger partial charge in [-0.15, -0.1) is 0 Å². The van der Waals surface area contributed by atoms with E-state index < -0.39 is 11.9 Å². The molecule has 0 spiro atoms. The fraction of sp³-hybridized carbons (Fsp3) is 0.231. The monoisotopic (exact) mass is 263 g/mol. The van der Waals surface area contributed by atoms with Gasteiger partial charge in [-0.2, -0.15) is 0 Å². The highest BCUT2D eigenvalue weighted by Crippen LogP contribution is 2.32. The van der Waals surface area contributed by atoms with Crippen LogP contribution in [0.3, 0.4) is 0 Å². The lowest BCUT2D eigenvalue weighted by atomic mass is 10.0. The summed E-state index contributed by atoms with van der Waals surface area (Å²) in [5.74, 6) is -1.55. The van der Waals surface area contributed by atoms with E-state index in [-0.39, 0.29) is 18.5 Å². The summed E-state index contributed by atoms with van der Waals surface area (Å²) in [7, 11) is 1.49. The van der Waals surface area contributed by atoms with Crippen LogP contribution in [0.25, 0.3) is 10.9 Å². The largest absolute Gasteiger partial charge is 0.496 e. The van der Waals surface area contributed by atoms with E-state index in [4.69, 9.17) is 9.84 Å². The number of methoxy groups -OCH3 is 1. The highest BCUT2D eigenvalue weighted by molar-refractivity contribution is 6.00. The van der Waals surface area contributed by atoms with E-state index in [0.717, 1.165) is 0 Å². The second-order valence-corrected chi connectivity index (χ2v) is 4.06. The number of benzene rings is 1. The van der Waals surface area contributed by atoms with Gasteiger partial charge in [0.05, 0.1) is 12.6 Å². The Labute approximate surface area is 108 Å². The molecule has 0 bridgehead atoms. The molecule has 0 saturated carbocycles. The number of fused-ring (bicyclic) bond motifs is 1. The minimum absolute atomic E-state index is 0.0146. The molecule has 0 radical (unpaired) electrons. The first kappa shape index (κ1) is 12.9. The van der Waals surface area contributed by atoms with E-state index in [9.17, 15) is 14.7 Å². The van der Waals surface area contributed by atoms with Crippen molar-refractivity contribution in [2.24, 2.45) is 0 Å². The second kappa shape index (κ2) is 5.01. The highest BCUT2D eigenvalue weighted by atomic mass is 16.5. The van der Waals surface area contributed by atoms with Crippen LogP contribution >= 0.6 is 0 Å². The average Bonchev–Trinajstić information content (AvgIpc) is 2.75. The maximum Gasteiger partial charge on any atom is 0.352 e. The Bertz CT molecular complexity index is 644. The van der Waals surface area contributed by atoms with Gasteiger partial charge in [0.2, 0.25) is 0 Å². The number of aromatic carboxylic acids is 1. The van der Waals surface area contributed by atoms with Gasteiger partial charge in [0.1, 0.15) is 11.4 Å². The molecule has 0 saturated heterocycles. The molecule has 3 N–H and O–H groups in total. The van der Waals surface area contributed by atoms with Crippen LogP contribution in [-0.2, 0) is 11.2 Å². The molecule has 1 heterocycles. The van der Waals surface area contributed by atoms with Crippen LogP contribution in [0.4, 0.5) is 0 Å². The number of aliphatic carboxylic acids is 1. The molecule has 0 aliphatic rings. The summed E-state index contributed by atoms with van der Waals surface area (Å²) >= 11 is 0. The molecule has 1 aromatic heterocycles. The van der Waals surface area contributed by atoms with E-state index in [0.29, 0.717) is 22.2 Å². The number of carbonyl (C=O) groups is 2. The molecule has 2 rings (SSSR count). The zero-order valence-corrected chi connectivity index (χ0v) is 10.3. The first-order valence-corrected chi connectivity index (χ1v) is 5.67. The number of aromatic nitrogens is 1. The number of aryl methyl sites for hydroxylation is 1. The van der Waals surface area contributed by atoms with Crippen molar-refractivity contribution in [3.63, 3.8) is 0 Å². The fourth-order valence-corrected chi connectivity index (χ4v) is 2.12. The van der Waals surface area contributed by atoms with Crippen molar-refractivity contribution in [2.75, 3.05) is 7.11 Å². The smallest absolute Gasteiger partial charge is 0.352 e. The lowest BCUT2D eigenvalue weighted by Crippen LogP contribution is -2.04. The number of hydrogen-bond acceptors (Lipinski definition) is 3. The van der Waals surface area contributed by atoms with Gasteiger partial charge in [-0.05, 0) is 24.1 Å². The van der Waals surface area contributed by atoms with Crippen molar-refractivity contribution in [2.45, 2.75) is 12.8 Å². The number of carboxylic acids is 2. The van der Waals surface area contributed by atoms with Crippen LogP contribution in [-0.4, -0.2) is 34.2 Å². The number of aromatic amines is 1. The Balaban J connectivity index is 2.63. The number of nitrogens with one attached hydrogen (secondary N) is 1. The summed E-state index contributed by atoms with van der Waals surface area (Å²) in [5.41, 5.74) is 1.10. The summed E-state index contributed by atoms with van der Waals surface area (Å²) < 4.78 is 5.21. The third kappa shape index (κ3) is 2.37. The highest BCUT2D eigenvalue weighted by Gasteiger charge is 2.20. The van der Waals surface area contributed by atoms with Crippen molar-refractivity contribution < 1.29 is 24.5 Å². The van der Waals surface area contributed by atoms with Crippen molar-refractivity contribution in [3.05, 3.63) is 29.5 Å². The van der Waals surface area contributed by atoms with Crippen molar-refractivity contribution in [1.82, 2.24) is 4.98 Å². The fourth-order valence-electron chi connectivity index (χ4n) is 2.12. The molecule has 0 unspecified atom stereocenters. The summed E-state index contributed by atoms with van der Waals surface area (Å²) in [5, 5.41) is 18.6. The number of rotatable bonds is 5. The third-order valence-electron chi connectivity index (χ3n) is 2.91. The predicted octanol–water partition coefficient (Wildman–Crippen LogP) is 1.89. The van der Waals surface area contributed by atoms with Crippen LogP contribution in [0.5, 0.6) is 5.75 Å². The van der Waals surface area contributed by atoms with Crippen molar-refractivity contribution in [3.8, 4) is 5.75 Å². The molecule has 0 amide bonds. The van der Waals surface area contributed by atoms with Crippen LogP contribution in [0.15, 0.2) is 18.2 Å². The number of hydrogen-bond donors (Lipinski definition) is 3. The predicted molar refractivity (Wildman–Crippen MR) is 67.8 cm³/mol. The molecule has 100 valence electrons. The lowest BCUT2D eigenvalue weighted by molar-refractivity contribution is -0.136. The maximum atomic E-state index is 11.2. The molecule has 2 aromatic rings. The Morgan fingerprint density at radius 3 is 2.63 bits per heavy atom.